The fourth-order valence-electron chi connectivity index (χ4n) is 1.10. The first-order valence-corrected chi connectivity index (χ1v) is 5.74. The van der Waals surface area contributed by atoms with Crippen molar-refractivity contribution in [2.24, 2.45) is 0 Å². The highest BCUT2D eigenvalue weighted by atomic mass is 16.5. The molecule has 6 heteroatoms. The van der Waals surface area contributed by atoms with Crippen molar-refractivity contribution < 1.29 is 24.5 Å². The summed E-state index contributed by atoms with van der Waals surface area (Å²) in [4.78, 5) is 11.2. The van der Waals surface area contributed by atoms with Crippen LogP contribution in [0.15, 0.2) is 0 Å². The van der Waals surface area contributed by atoms with Gasteiger partial charge in [0.2, 0.25) is 5.91 Å². The number of aliphatic hydroxyl groups is 2. The number of hydrogen-bond donors (Lipinski definition) is 3. The van der Waals surface area contributed by atoms with Crippen molar-refractivity contribution in [3.8, 4) is 0 Å². The summed E-state index contributed by atoms with van der Waals surface area (Å²) in [6, 6.07) is 0. The monoisotopic (exact) mass is 249 g/mol. The van der Waals surface area contributed by atoms with Crippen LogP contribution in [0.25, 0.3) is 0 Å². The molecule has 3 N–H and O–H groups in total. The molecule has 0 rings (SSSR count). The zero-order chi connectivity index (χ0) is 13.1. The second kappa shape index (κ2) is 9.35. The van der Waals surface area contributed by atoms with E-state index >= 15 is 0 Å². The van der Waals surface area contributed by atoms with E-state index in [1.165, 1.54) is 6.92 Å². The highest BCUT2D eigenvalue weighted by molar-refractivity contribution is 5.75. The standard InChI is InChI=1S/C11H23NO5/c1-11(14,15)5-6-12-10(13)4-9-17-8-3-7-16-2/h14-15H,3-9H2,1-2H3,(H,12,13). The smallest absolute Gasteiger partial charge is 0.222 e. The predicted molar refractivity (Wildman–Crippen MR) is 62.4 cm³/mol. The van der Waals surface area contributed by atoms with E-state index in [0.29, 0.717) is 19.8 Å². The second-order valence-electron chi connectivity index (χ2n) is 4.03. The highest BCUT2D eigenvalue weighted by Crippen LogP contribution is 2.01. The van der Waals surface area contributed by atoms with Crippen molar-refractivity contribution in [1.82, 2.24) is 5.32 Å². The molecule has 0 spiro atoms. The number of methoxy groups -OCH3 is 1. The van der Waals surface area contributed by atoms with Gasteiger partial charge >= 0.3 is 0 Å². The van der Waals surface area contributed by atoms with Crippen LogP contribution < -0.4 is 5.32 Å². The summed E-state index contributed by atoms with van der Waals surface area (Å²) in [5.74, 6) is -1.88. The molecule has 0 unspecified atom stereocenters. The lowest BCUT2D eigenvalue weighted by molar-refractivity contribution is -0.149. The van der Waals surface area contributed by atoms with Gasteiger partial charge in [-0.2, -0.15) is 0 Å². The topological polar surface area (TPSA) is 88.0 Å². The summed E-state index contributed by atoms with van der Waals surface area (Å²) in [7, 11) is 1.63. The maximum absolute atomic E-state index is 11.2. The van der Waals surface area contributed by atoms with Crippen LogP contribution in [-0.2, 0) is 14.3 Å². The van der Waals surface area contributed by atoms with Crippen molar-refractivity contribution in [3.63, 3.8) is 0 Å². The summed E-state index contributed by atoms with van der Waals surface area (Å²) in [5.41, 5.74) is 0. The molecular weight excluding hydrogens is 226 g/mol. The Morgan fingerprint density at radius 3 is 2.59 bits per heavy atom. The Bertz CT molecular complexity index is 203. The molecule has 0 bridgehead atoms. The molecule has 0 aliphatic rings. The average Bonchev–Trinajstić information content (AvgIpc) is 2.21. The van der Waals surface area contributed by atoms with E-state index in [9.17, 15) is 4.79 Å². The van der Waals surface area contributed by atoms with Gasteiger partial charge in [0, 0.05) is 39.7 Å². The molecule has 0 radical (unpaired) electrons. The van der Waals surface area contributed by atoms with Gasteiger partial charge in [-0.05, 0) is 13.3 Å². The van der Waals surface area contributed by atoms with Crippen LogP contribution in [0.3, 0.4) is 0 Å². The fourth-order valence-corrected chi connectivity index (χ4v) is 1.10. The normalized spacial score (nSPS) is 11.5. The molecule has 0 heterocycles. The summed E-state index contributed by atoms with van der Waals surface area (Å²) in [5, 5.41) is 20.6. The van der Waals surface area contributed by atoms with Gasteiger partial charge in [0.25, 0.3) is 0 Å². The summed E-state index contributed by atoms with van der Waals surface area (Å²) in [6.45, 7) is 3.11. The van der Waals surface area contributed by atoms with E-state index in [4.69, 9.17) is 19.7 Å². The van der Waals surface area contributed by atoms with Gasteiger partial charge < -0.3 is 25.0 Å². The van der Waals surface area contributed by atoms with Crippen LogP contribution in [0.5, 0.6) is 0 Å². The molecular formula is C11H23NO5. The number of rotatable bonds is 10. The van der Waals surface area contributed by atoms with E-state index in [1.807, 2.05) is 0 Å². The van der Waals surface area contributed by atoms with E-state index in [2.05, 4.69) is 5.32 Å². The lowest BCUT2D eigenvalue weighted by Crippen LogP contribution is -2.32. The maximum atomic E-state index is 11.2. The molecule has 6 nitrogen and oxygen atoms in total. The second-order valence-corrected chi connectivity index (χ2v) is 4.03. The van der Waals surface area contributed by atoms with Gasteiger partial charge in [0.15, 0.2) is 5.79 Å². The average molecular weight is 249 g/mol. The van der Waals surface area contributed by atoms with Crippen LogP contribution in [0.2, 0.25) is 0 Å². The molecule has 0 aromatic heterocycles. The summed E-state index contributed by atoms with van der Waals surface area (Å²) >= 11 is 0. The van der Waals surface area contributed by atoms with Crippen molar-refractivity contribution in [2.45, 2.75) is 32.0 Å². The molecule has 0 aromatic carbocycles. The Balaban J connectivity index is 3.29. The SMILES string of the molecule is COCCCOCCC(=O)NCCC(C)(O)O. The third-order valence-electron chi connectivity index (χ3n) is 2.03. The highest BCUT2D eigenvalue weighted by Gasteiger charge is 2.14. The van der Waals surface area contributed by atoms with Gasteiger partial charge in [-0.3, -0.25) is 4.79 Å². The van der Waals surface area contributed by atoms with Gasteiger partial charge in [0.1, 0.15) is 0 Å². The van der Waals surface area contributed by atoms with E-state index in [1.54, 1.807) is 7.11 Å². The summed E-state index contributed by atoms with van der Waals surface area (Å²) < 4.78 is 10.1. The quantitative estimate of drug-likeness (QED) is 0.363. The van der Waals surface area contributed by atoms with E-state index in [0.717, 1.165) is 6.42 Å². The van der Waals surface area contributed by atoms with Crippen LogP contribution in [0, 0.1) is 0 Å². The predicted octanol–water partition coefficient (Wildman–Crippen LogP) is -0.363. The minimum Gasteiger partial charge on any atom is -0.385 e. The Kier molecular flexibility index (Phi) is 8.97. The van der Waals surface area contributed by atoms with Crippen molar-refractivity contribution in [3.05, 3.63) is 0 Å². The van der Waals surface area contributed by atoms with Crippen LogP contribution in [-0.4, -0.2) is 55.4 Å². The molecule has 0 aliphatic heterocycles. The van der Waals surface area contributed by atoms with Gasteiger partial charge in [-0.1, -0.05) is 0 Å². The van der Waals surface area contributed by atoms with Crippen molar-refractivity contribution in [1.29, 1.82) is 0 Å². The maximum Gasteiger partial charge on any atom is 0.222 e. The van der Waals surface area contributed by atoms with E-state index < -0.39 is 5.79 Å². The molecule has 1 amide bonds. The third-order valence-corrected chi connectivity index (χ3v) is 2.03. The minimum atomic E-state index is -1.73. The largest absolute Gasteiger partial charge is 0.385 e. The zero-order valence-corrected chi connectivity index (χ0v) is 10.6. The first-order chi connectivity index (χ1) is 7.95. The number of hydrogen-bond acceptors (Lipinski definition) is 5. The number of nitrogens with one attached hydrogen (secondary N) is 1. The van der Waals surface area contributed by atoms with Crippen LogP contribution in [0.4, 0.5) is 0 Å². The molecule has 0 aliphatic carbocycles. The fraction of sp³-hybridized carbons (Fsp3) is 0.909. The number of amides is 1. The number of ether oxygens (including phenoxy) is 2. The Hall–Kier alpha value is -0.690. The van der Waals surface area contributed by atoms with E-state index in [-0.39, 0.29) is 25.3 Å². The zero-order valence-electron chi connectivity index (χ0n) is 10.6. The molecule has 0 saturated carbocycles. The summed E-state index contributed by atoms with van der Waals surface area (Å²) in [6.07, 6.45) is 1.19. The van der Waals surface area contributed by atoms with Gasteiger partial charge in [-0.25, -0.2) is 0 Å². The lowest BCUT2D eigenvalue weighted by atomic mass is 10.2. The Labute approximate surface area is 102 Å². The molecule has 0 fully saturated rings. The third kappa shape index (κ3) is 13.2. The molecule has 0 saturated heterocycles. The molecule has 17 heavy (non-hydrogen) atoms. The van der Waals surface area contributed by atoms with Crippen LogP contribution in [0.1, 0.15) is 26.2 Å². The minimum absolute atomic E-state index is 0.105. The van der Waals surface area contributed by atoms with Gasteiger partial charge in [-0.15, -0.1) is 0 Å². The molecule has 0 atom stereocenters. The Morgan fingerprint density at radius 2 is 2.00 bits per heavy atom. The first kappa shape index (κ1) is 16.3. The number of carbonyl (C=O) groups excluding carboxylic acids is 1. The van der Waals surface area contributed by atoms with Crippen molar-refractivity contribution >= 4 is 5.91 Å². The Morgan fingerprint density at radius 1 is 1.29 bits per heavy atom. The van der Waals surface area contributed by atoms with Crippen molar-refractivity contribution in [2.75, 3.05) is 33.5 Å². The lowest BCUT2D eigenvalue weighted by Gasteiger charge is -2.15. The molecule has 102 valence electrons. The number of carbonyl (C=O) groups is 1. The van der Waals surface area contributed by atoms with Crippen LogP contribution >= 0.6 is 0 Å². The van der Waals surface area contributed by atoms with Gasteiger partial charge in [0.05, 0.1) is 6.61 Å². The first-order valence-electron chi connectivity index (χ1n) is 5.74. The molecule has 0 aromatic rings.